The molecule has 1 aliphatic heterocycles. The number of carbonyl (C=O) groups excluding carboxylic acids is 1. The normalized spacial score (nSPS) is 15.5. The Bertz CT molecular complexity index is 1080. The molecule has 0 bridgehead atoms. The van der Waals surface area contributed by atoms with Crippen molar-refractivity contribution in [2.24, 2.45) is 0 Å². The molecule has 0 spiro atoms. The van der Waals surface area contributed by atoms with Crippen LogP contribution in [0.3, 0.4) is 0 Å². The Kier molecular flexibility index (Phi) is 6.24. The molecule has 1 N–H and O–H groups in total. The minimum atomic E-state index is -0.410. The fourth-order valence-electron chi connectivity index (χ4n) is 3.34. The summed E-state index contributed by atoms with van der Waals surface area (Å²) in [5.41, 5.74) is 3.40. The fraction of sp³-hybridized carbons (Fsp3) is 0.227. The number of thioether (sulfide) groups is 1. The minimum Gasteiger partial charge on any atom is -0.463 e. The van der Waals surface area contributed by atoms with Gasteiger partial charge in [-0.15, -0.1) is 5.10 Å². The second-order valence-corrected chi connectivity index (χ2v) is 8.63. The third-order valence-corrected chi connectivity index (χ3v) is 6.16. The SMILES string of the molecule is CCOC(=O)C1=C(C)Nc2nc(SCc3ccccc3)nn2C1c1ccc(Br)cc1. The van der Waals surface area contributed by atoms with Gasteiger partial charge in [0.1, 0.15) is 6.04 Å². The van der Waals surface area contributed by atoms with Crippen molar-refractivity contribution in [3.63, 3.8) is 0 Å². The van der Waals surface area contributed by atoms with E-state index in [1.807, 2.05) is 49.4 Å². The average molecular weight is 485 g/mol. The molecule has 0 aliphatic carbocycles. The molecule has 1 aromatic heterocycles. The lowest BCUT2D eigenvalue weighted by Crippen LogP contribution is -2.29. The quantitative estimate of drug-likeness (QED) is 0.383. The van der Waals surface area contributed by atoms with Gasteiger partial charge in [-0.05, 0) is 37.1 Å². The highest BCUT2D eigenvalue weighted by molar-refractivity contribution is 9.10. The van der Waals surface area contributed by atoms with E-state index < -0.39 is 6.04 Å². The maximum Gasteiger partial charge on any atom is 0.338 e. The van der Waals surface area contributed by atoms with Gasteiger partial charge in [-0.2, -0.15) is 4.98 Å². The van der Waals surface area contributed by atoms with Gasteiger partial charge in [-0.1, -0.05) is 70.2 Å². The summed E-state index contributed by atoms with van der Waals surface area (Å²) in [5.74, 6) is 1.03. The van der Waals surface area contributed by atoms with Gasteiger partial charge in [0.15, 0.2) is 0 Å². The highest BCUT2D eigenvalue weighted by Crippen LogP contribution is 2.37. The van der Waals surface area contributed by atoms with Crippen molar-refractivity contribution in [2.75, 3.05) is 11.9 Å². The Morgan fingerprint density at radius 2 is 1.93 bits per heavy atom. The number of nitrogens with one attached hydrogen (secondary N) is 1. The van der Waals surface area contributed by atoms with E-state index in [2.05, 4.69) is 38.4 Å². The third kappa shape index (κ3) is 4.29. The summed E-state index contributed by atoms with van der Waals surface area (Å²) in [7, 11) is 0. The Morgan fingerprint density at radius 1 is 1.20 bits per heavy atom. The first-order valence-electron chi connectivity index (χ1n) is 9.60. The standard InChI is InChI=1S/C22H21BrN4O2S/c1-3-29-20(28)18-14(2)24-21-25-22(30-13-15-7-5-4-6-8-15)26-27(21)19(18)16-9-11-17(23)12-10-16/h4-12,19H,3,13H2,1-2H3,(H,24,25,26). The first kappa shape index (κ1) is 20.7. The number of nitrogens with zero attached hydrogens (tertiary/aromatic N) is 3. The molecular formula is C22H21BrN4O2S. The van der Waals surface area contributed by atoms with Gasteiger partial charge in [-0.25, -0.2) is 9.48 Å². The zero-order chi connectivity index (χ0) is 21.1. The highest BCUT2D eigenvalue weighted by atomic mass is 79.9. The molecule has 3 aromatic rings. The van der Waals surface area contributed by atoms with Crippen molar-refractivity contribution < 1.29 is 9.53 Å². The highest BCUT2D eigenvalue weighted by Gasteiger charge is 2.35. The van der Waals surface area contributed by atoms with E-state index in [1.54, 1.807) is 23.4 Å². The third-order valence-electron chi connectivity index (χ3n) is 4.72. The number of anilines is 1. The molecule has 4 rings (SSSR count). The second kappa shape index (κ2) is 9.06. The van der Waals surface area contributed by atoms with Gasteiger partial charge in [0.2, 0.25) is 11.1 Å². The number of rotatable bonds is 6. The van der Waals surface area contributed by atoms with E-state index in [-0.39, 0.29) is 5.97 Å². The van der Waals surface area contributed by atoms with Gasteiger partial charge in [-0.3, -0.25) is 0 Å². The van der Waals surface area contributed by atoms with Gasteiger partial charge in [0.25, 0.3) is 0 Å². The second-order valence-electron chi connectivity index (χ2n) is 6.78. The summed E-state index contributed by atoms with van der Waals surface area (Å²) in [4.78, 5) is 17.4. The van der Waals surface area contributed by atoms with Crippen molar-refractivity contribution in [1.29, 1.82) is 0 Å². The topological polar surface area (TPSA) is 69.0 Å². The number of allylic oxidation sites excluding steroid dienone is 1. The van der Waals surface area contributed by atoms with Crippen LogP contribution in [-0.4, -0.2) is 27.3 Å². The molecule has 154 valence electrons. The van der Waals surface area contributed by atoms with Crippen molar-refractivity contribution in [2.45, 2.75) is 30.8 Å². The summed E-state index contributed by atoms with van der Waals surface area (Å²) in [6.45, 7) is 3.98. The van der Waals surface area contributed by atoms with Crippen LogP contribution in [0.2, 0.25) is 0 Å². The number of aromatic nitrogens is 3. The molecule has 8 heteroatoms. The monoisotopic (exact) mass is 484 g/mol. The number of ether oxygens (including phenoxy) is 1. The number of halogens is 1. The van der Waals surface area contributed by atoms with Crippen molar-refractivity contribution in [3.05, 3.63) is 81.5 Å². The van der Waals surface area contributed by atoms with Crippen LogP contribution < -0.4 is 5.32 Å². The van der Waals surface area contributed by atoms with Crippen LogP contribution in [0.5, 0.6) is 0 Å². The van der Waals surface area contributed by atoms with E-state index in [9.17, 15) is 4.79 Å². The summed E-state index contributed by atoms with van der Waals surface area (Å²) in [5, 5.41) is 8.60. The van der Waals surface area contributed by atoms with Crippen LogP contribution in [0.4, 0.5) is 5.95 Å². The molecule has 0 radical (unpaired) electrons. The molecule has 6 nitrogen and oxygen atoms in total. The molecule has 0 saturated heterocycles. The predicted octanol–water partition coefficient (Wildman–Crippen LogP) is 5.18. The molecule has 0 saturated carbocycles. The molecular weight excluding hydrogens is 464 g/mol. The first-order valence-corrected chi connectivity index (χ1v) is 11.4. The van der Waals surface area contributed by atoms with Crippen LogP contribution in [0.1, 0.15) is 31.0 Å². The summed E-state index contributed by atoms with van der Waals surface area (Å²) < 4.78 is 8.08. The number of hydrogen-bond donors (Lipinski definition) is 1. The molecule has 2 heterocycles. The van der Waals surface area contributed by atoms with Crippen LogP contribution in [0.15, 0.2) is 75.5 Å². The number of esters is 1. The van der Waals surface area contributed by atoms with E-state index in [0.717, 1.165) is 21.5 Å². The van der Waals surface area contributed by atoms with Crippen LogP contribution in [-0.2, 0) is 15.3 Å². The van der Waals surface area contributed by atoms with Gasteiger partial charge >= 0.3 is 5.97 Å². The summed E-state index contributed by atoms with van der Waals surface area (Å²) in [6, 6.07) is 17.7. The Balaban J connectivity index is 1.70. The van der Waals surface area contributed by atoms with Crippen LogP contribution >= 0.6 is 27.7 Å². The molecule has 2 aromatic carbocycles. The lowest BCUT2D eigenvalue weighted by Gasteiger charge is -2.28. The summed E-state index contributed by atoms with van der Waals surface area (Å²) >= 11 is 5.04. The minimum absolute atomic E-state index is 0.311. The predicted molar refractivity (Wildman–Crippen MR) is 121 cm³/mol. The van der Waals surface area contributed by atoms with E-state index in [0.29, 0.717) is 23.3 Å². The molecule has 1 unspecified atom stereocenters. The van der Waals surface area contributed by atoms with Crippen molar-refractivity contribution in [1.82, 2.24) is 14.8 Å². The Hall–Kier alpha value is -2.58. The average Bonchev–Trinajstić information content (AvgIpc) is 3.15. The molecule has 1 atom stereocenters. The van der Waals surface area contributed by atoms with E-state index >= 15 is 0 Å². The Morgan fingerprint density at radius 3 is 2.63 bits per heavy atom. The molecule has 1 aliphatic rings. The lowest BCUT2D eigenvalue weighted by molar-refractivity contribution is -0.139. The van der Waals surface area contributed by atoms with Gasteiger partial charge in [0, 0.05) is 15.9 Å². The van der Waals surface area contributed by atoms with E-state index in [1.165, 1.54) is 5.56 Å². The molecule has 0 amide bonds. The number of fused-ring (bicyclic) bond motifs is 1. The fourth-order valence-corrected chi connectivity index (χ4v) is 4.39. The van der Waals surface area contributed by atoms with Crippen LogP contribution in [0.25, 0.3) is 0 Å². The number of hydrogen-bond acceptors (Lipinski definition) is 6. The number of carbonyl (C=O) groups is 1. The van der Waals surface area contributed by atoms with Crippen molar-refractivity contribution in [3.8, 4) is 0 Å². The molecule has 0 fully saturated rings. The maximum absolute atomic E-state index is 12.8. The first-order chi connectivity index (χ1) is 14.6. The van der Waals surface area contributed by atoms with E-state index in [4.69, 9.17) is 9.84 Å². The number of benzene rings is 2. The Labute approximate surface area is 187 Å². The zero-order valence-corrected chi connectivity index (χ0v) is 19.0. The van der Waals surface area contributed by atoms with Crippen molar-refractivity contribution >= 4 is 39.6 Å². The van der Waals surface area contributed by atoms with Gasteiger partial charge < -0.3 is 10.1 Å². The van der Waals surface area contributed by atoms with Crippen LogP contribution in [0, 0.1) is 0 Å². The zero-order valence-electron chi connectivity index (χ0n) is 16.6. The maximum atomic E-state index is 12.8. The molecule has 30 heavy (non-hydrogen) atoms. The summed E-state index contributed by atoms with van der Waals surface area (Å²) in [6.07, 6.45) is 0. The lowest BCUT2D eigenvalue weighted by atomic mass is 9.96. The largest absolute Gasteiger partial charge is 0.463 e. The smallest absolute Gasteiger partial charge is 0.338 e. The van der Waals surface area contributed by atoms with Gasteiger partial charge in [0.05, 0.1) is 12.2 Å².